The molecule has 1 aliphatic rings. The Kier molecular flexibility index (Phi) is 6.10. The number of rotatable bonds is 6. The fourth-order valence-electron chi connectivity index (χ4n) is 3.00. The van der Waals surface area contributed by atoms with Gasteiger partial charge in [0.1, 0.15) is 11.5 Å². The van der Waals surface area contributed by atoms with Crippen LogP contribution in [0.25, 0.3) is 0 Å². The van der Waals surface area contributed by atoms with Crippen molar-refractivity contribution < 1.29 is 19.0 Å². The smallest absolute Gasteiger partial charge is 0.409 e. The third-order valence-corrected chi connectivity index (χ3v) is 4.11. The van der Waals surface area contributed by atoms with Crippen LogP contribution < -0.4 is 14.8 Å². The van der Waals surface area contributed by atoms with Gasteiger partial charge in [-0.25, -0.2) is 4.79 Å². The highest BCUT2D eigenvalue weighted by Crippen LogP contribution is 2.38. The van der Waals surface area contributed by atoms with Gasteiger partial charge in [0.05, 0.1) is 27.9 Å². The predicted molar refractivity (Wildman–Crippen MR) is 88.1 cm³/mol. The molecule has 6 nitrogen and oxygen atoms in total. The van der Waals surface area contributed by atoms with E-state index in [9.17, 15) is 4.79 Å². The molecule has 128 valence electrons. The van der Waals surface area contributed by atoms with Gasteiger partial charge in [-0.05, 0) is 25.5 Å². The third-order valence-electron chi connectivity index (χ3n) is 4.11. The fourth-order valence-corrected chi connectivity index (χ4v) is 3.00. The number of nitrogens with one attached hydrogen (secondary N) is 1. The number of carbonyl (C=O) groups excluding carboxylic acids is 1. The SMILES string of the molecule is CCCNCc1cc(OC)c2c(c1OC)CCN(C(=O)OC)C2. The van der Waals surface area contributed by atoms with Crippen molar-refractivity contribution in [2.24, 2.45) is 0 Å². The van der Waals surface area contributed by atoms with Gasteiger partial charge in [0, 0.05) is 29.8 Å². The first kappa shape index (κ1) is 17.4. The maximum absolute atomic E-state index is 11.8. The molecule has 1 aromatic carbocycles. The zero-order valence-electron chi connectivity index (χ0n) is 14.4. The molecule has 1 amide bonds. The van der Waals surface area contributed by atoms with E-state index in [0.717, 1.165) is 54.1 Å². The maximum atomic E-state index is 11.8. The second kappa shape index (κ2) is 8.06. The lowest BCUT2D eigenvalue weighted by Gasteiger charge is -2.31. The van der Waals surface area contributed by atoms with Gasteiger partial charge in [-0.1, -0.05) is 6.92 Å². The molecule has 0 spiro atoms. The van der Waals surface area contributed by atoms with E-state index in [4.69, 9.17) is 14.2 Å². The van der Waals surface area contributed by atoms with E-state index in [1.807, 2.05) is 6.07 Å². The number of hydrogen-bond acceptors (Lipinski definition) is 5. The monoisotopic (exact) mass is 322 g/mol. The van der Waals surface area contributed by atoms with Crippen LogP contribution in [0.1, 0.15) is 30.0 Å². The number of methoxy groups -OCH3 is 3. The minimum Gasteiger partial charge on any atom is -0.496 e. The molecule has 0 atom stereocenters. The minimum atomic E-state index is -0.314. The second-order valence-corrected chi connectivity index (χ2v) is 5.55. The molecule has 0 radical (unpaired) electrons. The Balaban J connectivity index is 2.36. The van der Waals surface area contributed by atoms with E-state index in [-0.39, 0.29) is 6.09 Å². The average Bonchev–Trinajstić information content (AvgIpc) is 2.59. The summed E-state index contributed by atoms with van der Waals surface area (Å²) in [6, 6.07) is 2.00. The molecule has 0 unspecified atom stereocenters. The van der Waals surface area contributed by atoms with Crippen LogP contribution >= 0.6 is 0 Å². The normalized spacial score (nSPS) is 13.5. The molecule has 1 N–H and O–H groups in total. The number of amides is 1. The van der Waals surface area contributed by atoms with E-state index in [1.165, 1.54) is 7.11 Å². The topological polar surface area (TPSA) is 60.0 Å². The van der Waals surface area contributed by atoms with E-state index < -0.39 is 0 Å². The Labute approximate surface area is 137 Å². The number of ether oxygens (including phenoxy) is 3. The fraction of sp³-hybridized carbons (Fsp3) is 0.588. The van der Waals surface area contributed by atoms with E-state index in [1.54, 1.807) is 19.1 Å². The average molecular weight is 322 g/mol. The van der Waals surface area contributed by atoms with Gasteiger partial charge in [-0.15, -0.1) is 0 Å². The summed E-state index contributed by atoms with van der Waals surface area (Å²) < 4.78 is 16.1. The molecular weight excluding hydrogens is 296 g/mol. The van der Waals surface area contributed by atoms with E-state index in [0.29, 0.717) is 13.1 Å². The van der Waals surface area contributed by atoms with Crippen molar-refractivity contribution >= 4 is 6.09 Å². The summed E-state index contributed by atoms with van der Waals surface area (Å²) in [5.41, 5.74) is 3.21. The molecule has 1 heterocycles. The summed E-state index contributed by atoms with van der Waals surface area (Å²) in [6.45, 7) is 4.92. The van der Waals surface area contributed by atoms with Crippen LogP contribution in [0.5, 0.6) is 11.5 Å². The van der Waals surface area contributed by atoms with Crippen LogP contribution in [0.2, 0.25) is 0 Å². The van der Waals surface area contributed by atoms with Crippen molar-refractivity contribution in [3.63, 3.8) is 0 Å². The summed E-state index contributed by atoms with van der Waals surface area (Å²) in [5.74, 6) is 1.69. The lowest BCUT2D eigenvalue weighted by molar-refractivity contribution is 0.118. The molecule has 1 aromatic rings. The van der Waals surface area contributed by atoms with E-state index >= 15 is 0 Å². The zero-order valence-corrected chi connectivity index (χ0v) is 14.4. The standard InChI is InChI=1S/C17H26N2O4/c1-5-7-18-10-12-9-15(21-2)14-11-19(17(20)23-4)8-6-13(14)16(12)22-3/h9,18H,5-8,10-11H2,1-4H3. The van der Waals surface area contributed by atoms with Crippen molar-refractivity contribution in [3.05, 3.63) is 22.8 Å². The molecule has 0 saturated heterocycles. The van der Waals surface area contributed by atoms with Gasteiger partial charge >= 0.3 is 6.09 Å². The summed E-state index contributed by atoms with van der Waals surface area (Å²) in [4.78, 5) is 13.5. The van der Waals surface area contributed by atoms with Crippen LogP contribution in [-0.2, 0) is 24.2 Å². The molecule has 23 heavy (non-hydrogen) atoms. The molecule has 0 fully saturated rings. The highest BCUT2D eigenvalue weighted by molar-refractivity contribution is 5.69. The Morgan fingerprint density at radius 2 is 2.04 bits per heavy atom. The second-order valence-electron chi connectivity index (χ2n) is 5.55. The van der Waals surface area contributed by atoms with Crippen LogP contribution in [0.15, 0.2) is 6.07 Å². The Hall–Kier alpha value is -1.95. The first-order valence-electron chi connectivity index (χ1n) is 7.95. The van der Waals surface area contributed by atoms with Crippen molar-refractivity contribution in [3.8, 4) is 11.5 Å². The van der Waals surface area contributed by atoms with Crippen molar-refractivity contribution in [2.45, 2.75) is 32.9 Å². The summed E-state index contributed by atoms with van der Waals surface area (Å²) >= 11 is 0. The Morgan fingerprint density at radius 3 is 2.65 bits per heavy atom. The van der Waals surface area contributed by atoms with Crippen molar-refractivity contribution in [1.82, 2.24) is 10.2 Å². The lowest BCUT2D eigenvalue weighted by atomic mass is 9.94. The predicted octanol–water partition coefficient (Wildman–Crippen LogP) is 2.33. The molecule has 0 aromatic heterocycles. The van der Waals surface area contributed by atoms with E-state index in [2.05, 4.69) is 12.2 Å². The van der Waals surface area contributed by atoms with Gasteiger partial charge in [-0.3, -0.25) is 0 Å². The summed E-state index contributed by atoms with van der Waals surface area (Å²) in [5, 5.41) is 3.40. The minimum absolute atomic E-state index is 0.314. The molecule has 6 heteroatoms. The quantitative estimate of drug-likeness (QED) is 0.815. The molecule has 0 aliphatic carbocycles. The molecule has 0 saturated carbocycles. The van der Waals surface area contributed by atoms with Crippen molar-refractivity contribution in [1.29, 1.82) is 0 Å². The van der Waals surface area contributed by atoms with Crippen molar-refractivity contribution in [2.75, 3.05) is 34.4 Å². The molecular formula is C17H26N2O4. The third kappa shape index (κ3) is 3.69. The van der Waals surface area contributed by atoms with Crippen LogP contribution in [-0.4, -0.2) is 45.4 Å². The lowest BCUT2D eigenvalue weighted by Crippen LogP contribution is -2.36. The van der Waals surface area contributed by atoms with Gasteiger partial charge < -0.3 is 24.4 Å². The number of fused-ring (bicyclic) bond motifs is 1. The maximum Gasteiger partial charge on any atom is 0.409 e. The Bertz CT molecular complexity index is 560. The summed E-state index contributed by atoms with van der Waals surface area (Å²) in [6.07, 6.45) is 1.50. The number of hydrogen-bond donors (Lipinski definition) is 1. The Morgan fingerprint density at radius 1 is 1.26 bits per heavy atom. The number of nitrogens with zero attached hydrogens (tertiary/aromatic N) is 1. The van der Waals surface area contributed by atoms with Gasteiger partial charge in [0.2, 0.25) is 0 Å². The van der Waals surface area contributed by atoms with Gasteiger partial charge in [0.15, 0.2) is 0 Å². The molecule has 1 aliphatic heterocycles. The zero-order chi connectivity index (χ0) is 16.8. The van der Waals surface area contributed by atoms with Gasteiger partial charge in [0.25, 0.3) is 0 Å². The molecule has 0 bridgehead atoms. The van der Waals surface area contributed by atoms with Gasteiger partial charge in [-0.2, -0.15) is 0 Å². The highest BCUT2D eigenvalue weighted by atomic mass is 16.5. The van der Waals surface area contributed by atoms with Crippen LogP contribution in [0.3, 0.4) is 0 Å². The first-order chi connectivity index (χ1) is 11.2. The van der Waals surface area contributed by atoms with Crippen LogP contribution in [0.4, 0.5) is 4.79 Å². The highest BCUT2D eigenvalue weighted by Gasteiger charge is 2.28. The number of benzene rings is 1. The number of carbonyl (C=O) groups is 1. The largest absolute Gasteiger partial charge is 0.496 e. The van der Waals surface area contributed by atoms with Crippen LogP contribution in [0, 0.1) is 0 Å². The molecule has 2 rings (SSSR count). The summed E-state index contributed by atoms with van der Waals surface area (Å²) in [7, 11) is 4.75. The first-order valence-corrected chi connectivity index (χ1v) is 7.95.